The zero-order chi connectivity index (χ0) is 20.0. The summed E-state index contributed by atoms with van der Waals surface area (Å²) in [6.07, 6.45) is 3.32. The van der Waals surface area contributed by atoms with Crippen LogP contribution in [0.25, 0.3) is 0 Å². The number of ketones is 2. The molecule has 0 heterocycles. The second kappa shape index (κ2) is 26.8. The van der Waals surface area contributed by atoms with Gasteiger partial charge in [0.05, 0.1) is 19.1 Å². The molecule has 1 atom stereocenters. The Balaban J connectivity index is -0.000000297. The monoisotopic (exact) mass is 346 g/mol. The van der Waals surface area contributed by atoms with Crippen LogP contribution in [0.5, 0.6) is 0 Å². The number of carbonyl (C=O) groups is 3. The number of nitrogens with one attached hydrogen (secondary N) is 1. The highest BCUT2D eigenvalue weighted by Gasteiger charge is 2.22. The highest BCUT2D eigenvalue weighted by Crippen LogP contribution is 2.10. The number of Topliss-reactive ketones (excluding diaryl/α,β-unsaturated/α-hetero) is 2. The maximum Gasteiger partial charge on any atom is 0.146 e. The molecule has 0 aliphatic heterocycles. The van der Waals surface area contributed by atoms with Gasteiger partial charge < -0.3 is 10.1 Å². The van der Waals surface area contributed by atoms with E-state index in [2.05, 4.69) is 5.32 Å². The third-order valence-corrected chi connectivity index (χ3v) is 2.80. The molecule has 0 fully saturated rings. The van der Waals surface area contributed by atoms with E-state index in [0.717, 1.165) is 25.7 Å². The van der Waals surface area contributed by atoms with Gasteiger partial charge in [-0.15, -0.1) is 0 Å². The Bertz CT molecular complexity index is 282. The molecule has 5 heteroatoms. The first-order chi connectivity index (χ1) is 11.5. The molecule has 0 spiro atoms. The molecule has 0 aliphatic rings. The predicted molar refractivity (Wildman–Crippen MR) is 105 cm³/mol. The van der Waals surface area contributed by atoms with E-state index < -0.39 is 0 Å². The number of hydrogen-bond acceptors (Lipinski definition) is 5. The second-order valence-electron chi connectivity index (χ2n) is 4.52. The van der Waals surface area contributed by atoms with Crippen molar-refractivity contribution < 1.29 is 14.4 Å². The summed E-state index contributed by atoms with van der Waals surface area (Å²) in [6, 6.07) is -0.323. The van der Waals surface area contributed by atoms with Crippen LogP contribution >= 0.6 is 0 Å². The number of unbranched alkanes of at least 4 members (excludes halogenated alkanes) is 1. The molecule has 0 aromatic carbocycles. The minimum absolute atomic E-state index is 0.0163. The van der Waals surface area contributed by atoms with Gasteiger partial charge in [0.25, 0.3) is 0 Å². The summed E-state index contributed by atoms with van der Waals surface area (Å²) < 4.78 is 0. The number of carbonyl (C=O) groups excluding carboxylic acids is 3. The van der Waals surface area contributed by atoms with Crippen molar-refractivity contribution in [2.24, 2.45) is 0 Å². The van der Waals surface area contributed by atoms with Crippen molar-refractivity contribution in [1.82, 2.24) is 10.2 Å². The summed E-state index contributed by atoms with van der Waals surface area (Å²) in [7, 11) is 1.89. The van der Waals surface area contributed by atoms with Crippen LogP contribution in [0.1, 0.15) is 74.7 Å². The molecule has 24 heavy (non-hydrogen) atoms. The Kier molecular flexibility index (Phi) is 34.4. The zero-order valence-electron chi connectivity index (χ0n) is 17.6. The van der Waals surface area contributed by atoms with Gasteiger partial charge in [-0.2, -0.15) is 0 Å². The van der Waals surface area contributed by atoms with Crippen LogP contribution in [0.15, 0.2) is 0 Å². The van der Waals surface area contributed by atoms with Crippen LogP contribution in [-0.2, 0) is 14.4 Å². The Morgan fingerprint density at radius 3 is 1.83 bits per heavy atom. The zero-order valence-corrected chi connectivity index (χ0v) is 17.6. The minimum atomic E-state index is -0.323. The average Bonchev–Trinajstić information content (AvgIpc) is 2.59. The molecule has 0 saturated heterocycles. The lowest BCUT2D eigenvalue weighted by atomic mass is 10.0. The van der Waals surface area contributed by atoms with Gasteiger partial charge in [0, 0.05) is 0 Å². The molecule has 146 valence electrons. The number of hydrogen-bond donors (Lipinski definition) is 1. The molecule has 0 bridgehead atoms. The van der Waals surface area contributed by atoms with E-state index in [0.29, 0.717) is 6.42 Å². The Morgan fingerprint density at radius 1 is 1.00 bits per heavy atom. The number of rotatable bonds is 11. The van der Waals surface area contributed by atoms with Crippen molar-refractivity contribution in [3.05, 3.63) is 0 Å². The molecule has 0 radical (unpaired) electrons. The van der Waals surface area contributed by atoms with Crippen molar-refractivity contribution in [2.75, 3.05) is 26.7 Å². The summed E-state index contributed by atoms with van der Waals surface area (Å²) in [4.78, 5) is 35.1. The van der Waals surface area contributed by atoms with Crippen LogP contribution in [0.2, 0.25) is 0 Å². The van der Waals surface area contributed by atoms with Crippen molar-refractivity contribution in [1.29, 1.82) is 0 Å². The van der Waals surface area contributed by atoms with Crippen LogP contribution in [0, 0.1) is 0 Å². The fourth-order valence-electron chi connectivity index (χ4n) is 1.97. The van der Waals surface area contributed by atoms with Gasteiger partial charge in [0.15, 0.2) is 0 Å². The van der Waals surface area contributed by atoms with E-state index in [1.54, 1.807) is 4.90 Å². The lowest BCUT2D eigenvalue weighted by Crippen LogP contribution is -2.43. The van der Waals surface area contributed by atoms with Crippen LogP contribution < -0.4 is 5.32 Å². The molecule has 0 rings (SSSR count). The van der Waals surface area contributed by atoms with Crippen molar-refractivity contribution in [3.8, 4) is 0 Å². The van der Waals surface area contributed by atoms with Gasteiger partial charge >= 0.3 is 0 Å². The summed E-state index contributed by atoms with van der Waals surface area (Å²) in [5.41, 5.74) is 0. The summed E-state index contributed by atoms with van der Waals surface area (Å²) in [5, 5.41) is 3.05. The van der Waals surface area contributed by atoms with Crippen LogP contribution in [-0.4, -0.2) is 55.5 Å². The Labute approximate surface area is 150 Å². The lowest BCUT2D eigenvalue weighted by Gasteiger charge is -2.27. The Hall–Kier alpha value is -1.07. The molecule has 1 N–H and O–H groups in total. The third-order valence-electron chi connectivity index (χ3n) is 2.80. The maximum absolute atomic E-state index is 11.6. The quantitative estimate of drug-likeness (QED) is 0.458. The van der Waals surface area contributed by atoms with E-state index in [9.17, 15) is 14.4 Å². The van der Waals surface area contributed by atoms with Gasteiger partial charge in [0.1, 0.15) is 17.9 Å². The van der Waals surface area contributed by atoms with E-state index in [1.165, 1.54) is 13.8 Å². The second-order valence-corrected chi connectivity index (χ2v) is 4.52. The molecule has 0 aromatic rings. The normalized spacial score (nSPS) is 10.1. The summed E-state index contributed by atoms with van der Waals surface area (Å²) in [6.45, 7) is 16.2. The van der Waals surface area contributed by atoms with Crippen molar-refractivity contribution in [2.45, 2.75) is 80.7 Å². The van der Waals surface area contributed by atoms with E-state index in [1.807, 2.05) is 48.6 Å². The first kappa shape index (κ1) is 30.8. The topological polar surface area (TPSA) is 66.5 Å². The van der Waals surface area contributed by atoms with Gasteiger partial charge in [-0.3, -0.25) is 14.5 Å². The predicted octanol–water partition coefficient (Wildman–Crippen LogP) is 3.50. The standard InChI is InChI=1S/C13H24N2O3.3C2H6/c1-11(17)10-15(8-9-16)13(12(2)18)6-4-5-7-14-3;3*1-2/h9,13-14H,4-8,10H2,1-3H3;3*1-2H3. The smallest absolute Gasteiger partial charge is 0.146 e. The Morgan fingerprint density at radius 2 is 1.50 bits per heavy atom. The van der Waals surface area contributed by atoms with Crippen LogP contribution in [0.4, 0.5) is 0 Å². The van der Waals surface area contributed by atoms with Crippen molar-refractivity contribution >= 4 is 17.9 Å². The largest absolute Gasteiger partial charge is 0.320 e. The fraction of sp³-hybridized carbons (Fsp3) is 0.842. The molecule has 1 unspecified atom stereocenters. The van der Waals surface area contributed by atoms with Gasteiger partial charge in [-0.05, 0) is 40.3 Å². The SMILES string of the molecule is CC.CC.CC.CNCCCCC(C(C)=O)N(CC=O)CC(C)=O. The van der Waals surface area contributed by atoms with E-state index in [4.69, 9.17) is 0 Å². The van der Waals surface area contributed by atoms with Crippen molar-refractivity contribution in [3.63, 3.8) is 0 Å². The molecular formula is C19H42N2O3. The first-order valence-corrected chi connectivity index (χ1v) is 9.35. The average molecular weight is 347 g/mol. The third kappa shape index (κ3) is 20.9. The molecule has 0 aliphatic carbocycles. The lowest BCUT2D eigenvalue weighted by molar-refractivity contribution is -0.125. The van der Waals surface area contributed by atoms with Gasteiger partial charge in [-0.25, -0.2) is 0 Å². The minimum Gasteiger partial charge on any atom is -0.320 e. The van der Waals surface area contributed by atoms with Gasteiger partial charge in [-0.1, -0.05) is 48.0 Å². The fourth-order valence-corrected chi connectivity index (χ4v) is 1.97. The molecule has 0 aromatic heterocycles. The van der Waals surface area contributed by atoms with Crippen LogP contribution in [0.3, 0.4) is 0 Å². The van der Waals surface area contributed by atoms with Gasteiger partial charge in [0.2, 0.25) is 0 Å². The first-order valence-electron chi connectivity index (χ1n) is 9.35. The molecule has 0 saturated carbocycles. The molecule has 5 nitrogen and oxygen atoms in total. The highest BCUT2D eigenvalue weighted by molar-refractivity contribution is 5.83. The number of nitrogens with zero attached hydrogens (tertiary/aromatic N) is 1. The molecular weight excluding hydrogens is 304 g/mol. The van der Waals surface area contributed by atoms with E-state index >= 15 is 0 Å². The maximum atomic E-state index is 11.6. The summed E-state index contributed by atoms with van der Waals surface area (Å²) >= 11 is 0. The summed E-state index contributed by atoms with van der Waals surface area (Å²) in [5.74, 6) is -0.0131. The molecule has 0 amide bonds. The highest BCUT2D eigenvalue weighted by atomic mass is 16.1. The van der Waals surface area contributed by atoms with E-state index in [-0.39, 0.29) is 30.7 Å². The number of aldehydes is 1.